The summed E-state index contributed by atoms with van der Waals surface area (Å²) in [6.45, 7) is 1.25. The lowest BCUT2D eigenvalue weighted by molar-refractivity contribution is -0.127. The first kappa shape index (κ1) is 31.3. The van der Waals surface area contributed by atoms with E-state index in [2.05, 4.69) is 5.32 Å². The predicted octanol–water partition coefficient (Wildman–Crippen LogP) is 6.52. The second-order valence-electron chi connectivity index (χ2n) is 8.65. The molecule has 1 saturated heterocycles. The number of imide groups is 1. The molecule has 4 rings (SSSR count). The summed E-state index contributed by atoms with van der Waals surface area (Å²) in [5.41, 5.74) is 1.25. The number of hydrogen-bond acceptors (Lipinski definition) is 8. The average molecular weight is 725 g/mol. The normalized spacial score (nSPS) is 13.8. The summed E-state index contributed by atoms with van der Waals surface area (Å²) < 4.78 is 30.9. The van der Waals surface area contributed by atoms with Crippen LogP contribution in [0.1, 0.15) is 28.4 Å². The summed E-state index contributed by atoms with van der Waals surface area (Å²) in [5, 5.41) is 2.10. The highest BCUT2D eigenvalue weighted by Crippen LogP contribution is 2.38. The molecule has 1 N–H and O–H groups in total. The van der Waals surface area contributed by atoms with Crippen LogP contribution in [-0.4, -0.2) is 48.2 Å². The first-order chi connectivity index (χ1) is 20.1. The van der Waals surface area contributed by atoms with Gasteiger partial charge in [-0.15, -0.1) is 0 Å². The number of benzene rings is 3. The second-order valence-corrected chi connectivity index (χ2v) is 11.2. The third-order valence-electron chi connectivity index (χ3n) is 5.80. The number of anilines is 1. The van der Waals surface area contributed by atoms with Gasteiger partial charge in [0.05, 0.1) is 32.8 Å². The number of nitrogens with one attached hydrogen (secondary N) is 1. The van der Waals surface area contributed by atoms with Gasteiger partial charge in [-0.3, -0.25) is 19.3 Å². The fraction of sp³-hybridized carbons (Fsp3) is 0.172. The molecular weight excluding hydrogens is 702 g/mol. The minimum absolute atomic E-state index is 0.0144. The molecule has 1 fully saturated rings. The second kappa shape index (κ2) is 14.0. The SMILES string of the molecule is CCOC(=O)c1cc(NC(=O)CN2C(=O)S/C(=C/c3cc(I)c(OCc4ccccc4F)c(OC)c3)C2=O)ccc1Cl. The Kier molecular flexibility index (Phi) is 10.5. The Morgan fingerprint density at radius 2 is 1.90 bits per heavy atom. The molecule has 13 heteroatoms. The minimum Gasteiger partial charge on any atom is -0.493 e. The van der Waals surface area contributed by atoms with Crippen LogP contribution in [0.5, 0.6) is 11.5 Å². The van der Waals surface area contributed by atoms with Crippen molar-refractivity contribution in [1.82, 2.24) is 4.90 Å². The Balaban J connectivity index is 1.45. The third-order valence-corrected chi connectivity index (χ3v) is 7.84. The zero-order valence-electron chi connectivity index (χ0n) is 22.2. The van der Waals surface area contributed by atoms with Gasteiger partial charge in [-0.2, -0.15) is 0 Å². The van der Waals surface area contributed by atoms with Gasteiger partial charge in [-0.1, -0.05) is 29.8 Å². The summed E-state index contributed by atoms with van der Waals surface area (Å²) in [7, 11) is 1.45. The van der Waals surface area contributed by atoms with E-state index in [1.165, 1.54) is 37.5 Å². The molecule has 3 amide bonds. The van der Waals surface area contributed by atoms with Crippen LogP contribution in [0.4, 0.5) is 14.9 Å². The fourth-order valence-electron chi connectivity index (χ4n) is 3.83. The fourth-order valence-corrected chi connectivity index (χ4v) is 5.64. The van der Waals surface area contributed by atoms with Crippen LogP contribution in [0.2, 0.25) is 5.02 Å². The lowest BCUT2D eigenvalue weighted by atomic mass is 10.1. The van der Waals surface area contributed by atoms with Gasteiger partial charge in [0.2, 0.25) is 5.91 Å². The highest BCUT2D eigenvalue weighted by Gasteiger charge is 2.36. The van der Waals surface area contributed by atoms with Crippen LogP contribution in [0, 0.1) is 9.39 Å². The first-order valence-corrected chi connectivity index (χ1v) is 14.6. The van der Waals surface area contributed by atoms with Crippen molar-refractivity contribution in [3.63, 3.8) is 0 Å². The number of amides is 3. The maximum absolute atomic E-state index is 14.0. The molecule has 3 aromatic rings. The molecule has 0 saturated carbocycles. The first-order valence-electron chi connectivity index (χ1n) is 12.4. The highest BCUT2D eigenvalue weighted by atomic mass is 127. The van der Waals surface area contributed by atoms with Gasteiger partial charge in [-0.25, -0.2) is 9.18 Å². The molecule has 3 aromatic carbocycles. The van der Waals surface area contributed by atoms with Crippen LogP contribution >= 0.6 is 46.0 Å². The molecule has 218 valence electrons. The third kappa shape index (κ3) is 7.41. The van der Waals surface area contributed by atoms with Gasteiger partial charge in [0, 0.05) is 11.3 Å². The Bertz CT molecular complexity index is 1600. The quantitative estimate of drug-likeness (QED) is 0.143. The monoisotopic (exact) mass is 724 g/mol. The predicted molar refractivity (Wildman–Crippen MR) is 165 cm³/mol. The van der Waals surface area contributed by atoms with E-state index < -0.39 is 29.6 Å². The van der Waals surface area contributed by atoms with Crippen LogP contribution in [-0.2, 0) is 20.9 Å². The van der Waals surface area contributed by atoms with Crippen LogP contribution in [0.25, 0.3) is 6.08 Å². The topological polar surface area (TPSA) is 111 Å². The number of nitrogens with zero attached hydrogens (tertiary/aromatic N) is 1. The van der Waals surface area contributed by atoms with Gasteiger partial charge in [0.25, 0.3) is 11.1 Å². The van der Waals surface area contributed by atoms with Gasteiger partial charge < -0.3 is 19.5 Å². The maximum Gasteiger partial charge on any atom is 0.339 e. The molecule has 1 aliphatic heterocycles. The summed E-state index contributed by atoms with van der Waals surface area (Å²) in [6, 6.07) is 13.9. The number of esters is 1. The van der Waals surface area contributed by atoms with Crippen LogP contribution in [0.15, 0.2) is 59.5 Å². The Morgan fingerprint density at radius 3 is 2.62 bits per heavy atom. The van der Waals surface area contributed by atoms with Crippen molar-refractivity contribution in [3.05, 3.63) is 90.6 Å². The molecule has 1 heterocycles. The molecular formula is C29H23ClFIN2O7S. The van der Waals surface area contributed by atoms with E-state index in [1.807, 2.05) is 22.6 Å². The number of halogens is 3. The van der Waals surface area contributed by atoms with Crippen molar-refractivity contribution in [2.24, 2.45) is 0 Å². The lowest BCUT2D eigenvalue weighted by Gasteiger charge is -2.14. The Morgan fingerprint density at radius 1 is 1.14 bits per heavy atom. The summed E-state index contributed by atoms with van der Waals surface area (Å²) in [4.78, 5) is 51.3. The van der Waals surface area contributed by atoms with E-state index in [9.17, 15) is 23.6 Å². The Labute approximate surface area is 263 Å². The van der Waals surface area contributed by atoms with Crippen LogP contribution in [0.3, 0.4) is 0 Å². The van der Waals surface area contributed by atoms with E-state index in [0.29, 0.717) is 38.0 Å². The number of carbonyl (C=O) groups excluding carboxylic acids is 4. The van der Waals surface area contributed by atoms with E-state index in [0.717, 1.165) is 4.90 Å². The number of carbonyl (C=O) groups is 4. The van der Waals surface area contributed by atoms with E-state index in [1.54, 1.807) is 37.3 Å². The van der Waals surface area contributed by atoms with Crippen molar-refractivity contribution in [3.8, 4) is 11.5 Å². The molecule has 42 heavy (non-hydrogen) atoms. The van der Waals surface area contributed by atoms with E-state index in [4.69, 9.17) is 25.8 Å². The molecule has 0 bridgehead atoms. The van der Waals surface area contributed by atoms with Gasteiger partial charge in [0.15, 0.2) is 11.5 Å². The molecule has 0 aromatic heterocycles. The molecule has 0 radical (unpaired) electrons. The molecule has 9 nitrogen and oxygen atoms in total. The molecule has 0 aliphatic carbocycles. The molecule has 0 spiro atoms. The van der Waals surface area contributed by atoms with Gasteiger partial charge >= 0.3 is 5.97 Å². The van der Waals surface area contributed by atoms with Crippen molar-refractivity contribution < 1.29 is 37.8 Å². The zero-order chi connectivity index (χ0) is 30.4. The molecule has 0 atom stereocenters. The number of hydrogen-bond donors (Lipinski definition) is 1. The average Bonchev–Trinajstić information content (AvgIpc) is 3.21. The number of ether oxygens (including phenoxy) is 3. The minimum atomic E-state index is -0.650. The largest absolute Gasteiger partial charge is 0.493 e. The van der Waals surface area contributed by atoms with E-state index in [-0.39, 0.29) is 40.2 Å². The van der Waals surface area contributed by atoms with Crippen LogP contribution < -0.4 is 14.8 Å². The van der Waals surface area contributed by atoms with Gasteiger partial charge in [0.1, 0.15) is 19.0 Å². The standard InChI is InChI=1S/C29H23ClFIN2O7S/c1-3-40-28(37)19-13-18(8-9-20(19)30)33-25(35)14-34-27(36)24(42-29(34)38)12-16-10-22(32)26(23(11-16)39-2)41-15-17-6-4-5-7-21(17)31/h4-13H,3,14-15H2,1-2H3,(H,33,35)/b24-12+. The number of methoxy groups -OCH3 is 1. The number of rotatable bonds is 10. The molecule has 1 aliphatic rings. The Hall–Kier alpha value is -3.62. The number of thioether (sulfide) groups is 1. The maximum atomic E-state index is 14.0. The van der Waals surface area contributed by atoms with Crippen molar-refractivity contribution in [2.75, 3.05) is 25.6 Å². The lowest BCUT2D eigenvalue weighted by Crippen LogP contribution is -2.36. The summed E-state index contributed by atoms with van der Waals surface area (Å²) >= 11 is 8.79. The molecule has 0 unspecified atom stereocenters. The highest BCUT2D eigenvalue weighted by molar-refractivity contribution is 14.1. The van der Waals surface area contributed by atoms with Gasteiger partial charge in [-0.05, 0) is 89.3 Å². The summed E-state index contributed by atoms with van der Waals surface area (Å²) in [6.07, 6.45) is 1.51. The van der Waals surface area contributed by atoms with Crippen molar-refractivity contribution in [2.45, 2.75) is 13.5 Å². The summed E-state index contributed by atoms with van der Waals surface area (Å²) in [5.74, 6) is -1.57. The van der Waals surface area contributed by atoms with Crippen molar-refractivity contribution in [1.29, 1.82) is 0 Å². The zero-order valence-corrected chi connectivity index (χ0v) is 26.0. The smallest absolute Gasteiger partial charge is 0.339 e. The van der Waals surface area contributed by atoms with E-state index >= 15 is 0 Å². The van der Waals surface area contributed by atoms with Crippen molar-refractivity contribution >= 4 is 80.7 Å².